The zero-order valence-corrected chi connectivity index (χ0v) is 18.1. The molecule has 2 aromatic heterocycles. The van der Waals surface area contributed by atoms with Crippen LogP contribution in [-0.4, -0.2) is 33.2 Å². The lowest BCUT2D eigenvalue weighted by Crippen LogP contribution is -2.35. The first kappa shape index (κ1) is 21.0. The van der Waals surface area contributed by atoms with Gasteiger partial charge in [0.1, 0.15) is 5.82 Å². The molecular weight excluding hydrogens is 412 g/mol. The maximum atomic E-state index is 12.5. The van der Waals surface area contributed by atoms with E-state index in [2.05, 4.69) is 26.7 Å². The highest BCUT2D eigenvalue weighted by Gasteiger charge is 2.21. The molecule has 0 aliphatic carbocycles. The number of carbonyl (C=O) groups is 2. The van der Waals surface area contributed by atoms with Crippen LogP contribution >= 0.6 is 11.3 Å². The normalized spacial score (nSPS) is 13.0. The Bertz CT molecular complexity index is 1170. The quantitative estimate of drug-likeness (QED) is 0.619. The lowest BCUT2D eigenvalue weighted by atomic mass is 10.1. The number of nitrogens with one attached hydrogen (secondary N) is 2. The van der Waals surface area contributed by atoms with Gasteiger partial charge in [-0.1, -0.05) is 19.1 Å². The molecule has 1 aromatic carbocycles. The number of benzene rings is 1. The van der Waals surface area contributed by atoms with Crippen molar-refractivity contribution in [2.45, 2.75) is 39.2 Å². The zero-order valence-electron chi connectivity index (χ0n) is 17.3. The third-order valence-electron chi connectivity index (χ3n) is 5.30. The van der Waals surface area contributed by atoms with Gasteiger partial charge >= 0.3 is 0 Å². The molecule has 0 bridgehead atoms. The van der Waals surface area contributed by atoms with Gasteiger partial charge in [-0.3, -0.25) is 14.4 Å². The summed E-state index contributed by atoms with van der Waals surface area (Å²) in [6.45, 7) is 3.27. The molecule has 31 heavy (non-hydrogen) atoms. The summed E-state index contributed by atoms with van der Waals surface area (Å²) in [4.78, 5) is 47.1. The van der Waals surface area contributed by atoms with Crippen LogP contribution in [0.25, 0.3) is 11.4 Å². The summed E-state index contributed by atoms with van der Waals surface area (Å²) in [5.74, 6) is 0.245. The maximum Gasteiger partial charge on any atom is 0.251 e. The van der Waals surface area contributed by atoms with Crippen LogP contribution in [0, 0.1) is 0 Å². The molecule has 0 atom stereocenters. The number of nitrogens with zero attached hydrogens (tertiary/aromatic N) is 2. The number of aromatic amines is 1. The van der Waals surface area contributed by atoms with Crippen molar-refractivity contribution >= 4 is 28.8 Å². The van der Waals surface area contributed by atoms with Crippen molar-refractivity contribution in [2.75, 3.05) is 11.9 Å². The van der Waals surface area contributed by atoms with Crippen molar-refractivity contribution in [3.8, 4) is 11.4 Å². The van der Waals surface area contributed by atoms with Gasteiger partial charge in [0.25, 0.3) is 5.56 Å². The van der Waals surface area contributed by atoms with Gasteiger partial charge in [-0.25, -0.2) is 4.98 Å². The van der Waals surface area contributed by atoms with Crippen LogP contribution in [0.15, 0.2) is 46.6 Å². The molecule has 4 rings (SSSR count). The average Bonchev–Trinajstić information content (AvgIpc) is 3.25. The summed E-state index contributed by atoms with van der Waals surface area (Å²) in [5, 5.41) is 4.90. The molecule has 0 fully saturated rings. The second kappa shape index (κ2) is 9.26. The monoisotopic (exact) mass is 436 g/mol. The molecule has 2 N–H and O–H groups in total. The lowest BCUT2D eigenvalue weighted by Gasteiger charge is -2.27. The van der Waals surface area contributed by atoms with Crippen molar-refractivity contribution in [1.29, 1.82) is 0 Å². The van der Waals surface area contributed by atoms with Gasteiger partial charge in [0, 0.05) is 53.8 Å². The summed E-state index contributed by atoms with van der Waals surface area (Å²) in [7, 11) is 0. The first-order valence-corrected chi connectivity index (χ1v) is 11.2. The number of H-pyrrole nitrogens is 1. The minimum Gasteiger partial charge on any atom is -0.338 e. The van der Waals surface area contributed by atoms with E-state index in [-0.39, 0.29) is 30.2 Å². The van der Waals surface area contributed by atoms with Crippen LogP contribution in [-0.2, 0) is 29.0 Å². The zero-order chi connectivity index (χ0) is 21.8. The predicted molar refractivity (Wildman–Crippen MR) is 121 cm³/mol. The smallest absolute Gasteiger partial charge is 0.251 e. The van der Waals surface area contributed by atoms with E-state index >= 15 is 0 Å². The molecule has 1 aliphatic heterocycles. The van der Waals surface area contributed by atoms with E-state index in [4.69, 9.17) is 0 Å². The molecular formula is C23H24N4O3S. The number of carbonyl (C=O) groups excluding carboxylic acids is 2. The Morgan fingerprint density at radius 1 is 1.23 bits per heavy atom. The van der Waals surface area contributed by atoms with Crippen molar-refractivity contribution < 1.29 is 9.59 Å². The van der Waals surface area contributed by atoms with Crippen LogP contribution in [0.5, 0.6) is 0 Å². The number of amides is 2. The SMILES string of the molecule is CCc1cc(=O)[nH]c(-c2cccc(NC(=O)CCC(=O)N3CCc4sccc4C3)c2)n1. The number of aryl methyl sites for hydroxylation is 1. The highest BCUT2D eigenvalue weighted by molar-refractivity contribution is 7.10. The topological polar surface area (TPSA) is 95.2 Å². The van der Waals surface area contributed by atoms with Gasteiger partial charge < -0.3 is 15.2 Å². The number of hydrogen-bond acceptors (Lipinski definition) is 5. The van der Waals surface area contributed by atoms with Crippen LogP contribution in [0.1, 0.15) is 35.9 Å². The summed E-state index contributed by atoms with van der Waals surface area (Å²) in [6.07, 6.45) is 1.84. The van der Waals surface area contributed by atoms with Gasteiger partial charge in [-0.2, -0.15) is 0 Å². The third-order valence-corrected chi connectivity index (χ3v) is 6.33. The van der Waals surface area contributed by atoms with Crippen molar-refractivity contribution in [3.63, 3.8) is 0 Å². The summed E-state index contributed by atoms with van der Waals surface area (Å²) < 4.78 is 0. The minimum atomic E-state index is -0.220. The molecule has 0 spiro atoms. The van der Waals surface area contributed by atoms with E-state index < -0.39 is 0 Å². The second-order valence-electron chi connectivity index (χ2n) is 7.50. The van der Waals surface area contributed by atoms with E-state index in [9.17, 15) is 14.4 Å². The van der Waals surface area contributed by atoms with E-state index in [0.717, 1.165) is 6.42 Å². The van der Waals surface area contributed by atoms with Gasteiger partial charge in [-0.15, -0.1) is 11.3 Å². The van der Waals surface area contributed by atoms with E-state index in [1.54, 1.807) is 29.5 Å². The fraction of sp³-hybridized carbons (Fsp3) is 0.304. The Kier molecular flexibility index (Phi) is 6.27. The van der Waals surface area contributed by atoms with Gasteiger partial charge in [0.15, 0.2) is 0 Å². The van der Waals surface area contributed by atoms with Crippen LogP contribution in [0.4, 0.5) is 5.69 Å². The maximum absolute atomic E-state index is 12.5. The van der Waals surface area contributed by atoms with E-state index in [1.807, 2.05) is 17.9 Å². The number of anilines is 1. The number of aromatic nitrogens is 2. The van der Waals surface area contributed by atoms with Crippen LogP contribution < -0.4 is 10.9 Å². The summed E-state index contributed by atoms with van der Waals surface area (Å²) in [6, 6.07) is 10.7. The number of hydrogen-bond donors (Lipinski definition) is 2. The largest absolute Gasteiger partial charge is 0.338 e. The molecule has 0 unspecified atom stereocenters. The lowest BCUT2D eigenvalue weighted by molar-refractivity contribution is -0.133. The van der Waals surface area contributed by atoms with Crippen LogP contribution in [0.2, 0.25) is 0 Å². The number of thiophene rings is 1. The molecule has 160 valence electrons. The Balaban J connectivity index is 1.35. The highest BCUT2D eigenvalue weighted by atomic mass is 32.1. The fourth-order valence-electron chi connectivity index (χ4n) is 3.63. The Hall–Kier alpha value is -3.26. The van der Waals surface area contributed by atoms with Crippen molar-refractivity contribution in [2.24, 2.45) is 0 Å². The molecule has 8 heteroatoms. The second-order valence-corrected chi connectivity index (χ2v) is 8.50. The molecule has 0 radical (unpaired) electrons. The molecule has 0 saturated heterocycles. The standard InChI is InChI=1S/C23H24N4O3S/c1-2-17-13-21(29)26-23(25-17)15-4-3-5-18(12-15)24-20(28)6-7-22(30)27-10-8-19-16(14-27)9-11-31-19/h3-5,9,11-13H,2,6-8,10,14H2,1H3,(H,24,28)(H,25,26,29). The highest BCUT2D eigenvalue weighted by Crippen LogP contribution is 2.24. The first-order valence-electron chi connectivity index (χ1n) is 10.4. The Labute approximate surface area is 184 Å². The average molecular weight is 437 g/mol. The van der Waals surface area contributed by atoms with Gasteiger partial charge in [0.2, 0.25) is 11.8 Å². The molecule has 7 nitrogen and oxygen atoms in total. The minimum absolute atomic E-state index is 0.00101. The third kappa shape index (κ3) is 5.08. The molecule has 3 aromatic rings. The van der Waals surface area contributed by atoms with Gasteiger partial charge in [-0.05, 0) is 42.0 Å². The Morgan fingerprint density at radius 3 is 2.94 bits per heavy atom. The number of fused-ring (bicyclic) bond motifs is 1. The predicted octanol–water partition coefficient (Wildman–Crippen LogP) is 3.36. The molecule has 0 saturated carbocycles. The molecule has 2 amide bonds. The van der Waals surface area contributed by atoms with E-state index in [1.165, 1.54) is 16.5 Å². The molecule has 1 aliphatic rings. The summed E-state index contributed by atoms with van der Waals surface area (Å²) >= 11 is 1.73. The number of rotatable bonds is 6. The molecule has 3 heterocycles. The van der Waals surface area contributed by atoms with E-state index in [0.29, 0.717) is 42.3 Å². The van der Waals surface area contributed by atoms with Gasteiger partial charge in [0.05, 0.1) is 0 Å². The first-order chi connectivity index (χ1) is 15.0. The Morgan fingerprint density at radius 2 is 2.10 bits per heavy atom. The summed E-state index contributed by atoms with van der Waals surface area (Å²) in [5.41, 5.74) is 3.02. The van der Waals surface area contributed by atoms with Crippen molar-refractivity contribution in [1.82, 2.24) is 14.9 Å². The fourth-order valence-corrected chi connectivity index (χ4v) is 4.52. The van der Waals surface area contributed by atoms with Crippen molar-refractivity contribution in [3.05, 3.63) is 68.3 Å². The van der Waals surface area contributed by atoms with Crippen LogP contribution in [0.3, 0.4) is 0 Å².